The van der Waals surface area contributed by atoms with Crippen molar-refractivity contribution in [2.45, 2.75) is 12.4 Å². The zero-order valence-electron chi connectivity index (χ0n) is 11.5. The summed E-state index contributed by atoms with van der Waals surface area (Å²) in [7, 11) is 4.06. The van der Waals surface area contributed by atoms with Crippen molar-refractivity contribution >= 4 is 44.3 Å². The predicted octanol–water partition coefficient (Wildman–Crippen LogP) is 4.73. The number of rotatable bonds is 2. The Hall–Kier alpha value is -1.27. The average Bonchev–Trinajstić information content (AvgIpc) is 2.87. The van der Waals surface area contributed by atoms with Gasteiger partial charge in [0.15, 0.2) is 5.50 Å². The molecule has 0 saturated carbocycles. The van der Waals surface area contributed by atoms with Crippen molar-refractivity contribution in [2.24, 2.45) is 17.3 Å². The zero-order valence-corrected chi connectivity index (χ0v) is 13.9. The van der Waals surface area contributed by atoms with Crippen LogP contribution < -0.4 is 0 Å². The molecule has 0 N–H and O–H groups in total. The molecule has 0 fully saturated rings. The highest BCUT2D eigenvalue weighted by Crippen LogP contribution is 2.38. The SMILES string of the molecule is Cc1c(N=NC2SC(Br)=CN2C)c2ccccc2n1C. The minimum absolute atomic E-state index is 0.00254. The summed E-state index contributed by atoms with van der Waals surface area (Å²) >= 11 is 5.13. The number of hydrogen-bond acceptors (Lipinski definition) is 4. The van der Waals surface area contributed by atoms with Gasteiger partial charge in [0.1, 0.15) is 5.69 Å². The molecule has 6 heteroatoms. The summed E-state index contributed by atoms with van der Waals surface area (Å²) in [6.07, 6.45) is 2.02. The van der Waals surface area contributed by atoms with Gasteiger partial charge in [-0.25, -0.2) is 0 Å². The number of aromatic nitrogens is 1. The molecule has 0 spiro atoms. The van der Waals surface area contributed by atoms with E-state index >= 15 is 0 Å². The minimum atomic E-state index is 0.00254. The van der Waals surface area contributed by atoms with E-state index in [2.05, 4.69) is 56.8 Å². The lowest BCUT2D eigenvalue weighted by Crippen LogP contribution is -2.16. The molecule has 2 heterocycles. The highest BCUT2D eigenvalue weighted by Gasteiger charge is 2.21. The first-order valence-corrected chi connectivity index (χ1v) is 7.96. The molecular formula is C14H15BrN4S. The van der Waals surface area contributed by atoms with E-state index in [1.165, 1.54) is 5.52 Å². The van der Waals surface area contributed by atoms with E-state index in [0.29, 0.717) is 0 Å². The Morgan fingerprint density at radius 3 is 2.70 bits per heavy atom. The zero-order chi connectivity index (χ0) is 14.3. The highest BCUT2D eigenvalue weighted by atomic mass is 79.9. The van der Waals surface area contributed by atoms with Crippen molar-refractivity contribution in [3.63, 3.8) is 0 Å². The summed E-state index contributed by atoms with van der Waals surface area (Å²) in [5.41, 5.74) is 3.28. The van der Waals surface area contributed by atoms with E-state index in [-0.39, 0.29) is 5.50 Å². The maximum absolute atomic E-state index is 4.51. The molecule has 0 bridgehead atoms. The third kappa shape index (κ3) is 2.27. The maximum Gasteiger partial charge on any atom is 0.194 e. The molecule has 2 aromatic rings. The van der Waals surface area contributed by atoms with E-state index < -0.39 is 0 Å². The molecule has 0 amide bonds. The van der Waals surface area contributed by atoms with Crippen molar-refractivity contribution in [1.29, 1.82) is 0 Å². The summed E-state index contributed by atoms with van der Waals surface area (Å²) in [4.78, 5) is 2.04. The van der Waals surface area contributed by atoms with Crippen LogP contribution in [0.25, 0.3) is 10.9 Å². The van der Waals surface area contributed by atoms with Gasteiger partial charge in [-0.3, -0.25) is 0 Å². The first kappa shape index (κ1) is 13.7. The van der Waals surface area contributed by atoms with Crippen LogP contribution in [-0.2, 0) is 7.05 Å². The number of thioether (sulfide) groups is 1. The third-order valence-electron chi connectivity index (χ3n) is 3.49. The first-order valence-electron chi connectivity index (χ1n) is 6.28. The molecule has 0 aliphatic carbocycles. The van der Waals surface area contributed by atoms with Gasteiger partial charge in [-0.05, 0) is 28.9 Å². The molecule has 0 radical (unpaired) electrons. The van der Waals surface area contributed by atoms with Crippen molar-refractivity contribution in [3.8, 4) is 0 Å². The van der Waals surface area contributed by atoms with E-state index in [1.54, 1.807) is 11.8 Å². The summed E-state index contributed by atoms with van der Waals surface area (Å²) < 4.78 is 3.24. The van der Waals surface area contributed by atoms with E-state index in [4.69, 9.17) is 0 Å². The molecule has 1 atom stereocenters. The van der Waals surface area contributed by atoms with E-state index in [1.807, 2.05) is 30.3 Å². The number of hydrogen-bond donors (Lipinski definition) is 0. The molecule has 1 aromatic heterocycles. The lowest BCUT2D eigenvalue weighted by Gasteiger charge is -2.13. The second-order valence-electron chi connectivity index (χ2n) is 4.77. The second-order valence-corrected chi connectivity index (χ2v) is 7.24. The van der Waals surface area contributed by atoms with Crippen LogP contribution in [0.5, 0.6) is 0 Å². The van der Waals surface area contributed by atoms with Gasteiger partial charge in [-0.2, -0.15) is 10.2 Å². The molecule has 4 nitrogen and oxygen atoms in total. The molecule has 1 aliphatic heterocycles. The fraction of sp³-hybridized carbons (Fsp3) is 0.286. The smallest absolute Gasteiger partial charge is 0.194 e. The van der Waals surface area contributed by atoms with Gasteiger partial charge in [-0.15, -0.1) is 0 Å². The Morgan fingerprint density at radius 1 is 1.25 bits per heavy atom. The average molecular weight is 351 g/mol. The number of para-hydroxylation sites is 1. The van der Waals surface area contributed by atoms with Crippen LogP contribution in [0.1, 0.15) is 5.69 Å². The molecular weight excluding hydrogens is 336 g/mol. The molecule has 104 valence electrons. The van der Waals surface area contributed by atoms with Gasteiger partial charge in [0, 0.05) is 31.4 Å². The summed E-state index contributed by atoms with van der Waals surface area (Å²) in [5, 5.41) is 10.1. The van der Waals surface area contributed by atoms with Crippen molar-refractivity contribution in [3.05, 3.63) is 40.0 Å². The van der Waals surface area contributed by atoms with Gasteiger partial charge in [0.2, 0.25) is 0 Å². The van der Waals surface area contributed by atoms with Crippen LogP contribution in [0.2, 0.25) is 0 Å². The minimum Gasteiger partial charge on any atom is -0.347 e. The normalized spacial score (nSPS) is 19.3. The number of halogens is 1. The number of aryl methyl sites for hydroxylation is 1. The molecule has 0 saturated heterocycles. The van der Waals surface area contributed by atoms with Crippen LogP contribution in [0, 0.1) is 6.92 Å². The lowest BCUT2D eigenvalue weighted by molar-refractivity contribution is 0.437. The van der Waals surface area contributed by atoms with Crippen LogP contribution in [-0.4, -0.2) is 22.0 Å². The second kappa shape index (κ2) is 5.26. The maximum atomic E-state index is 4.51. The van der Waals surface area contributed by atoms with E-state index in [0.717, 1.165) is 20.6 Å². The number of benzene rings is 1. The largest absolute Gasteiger partial charge is 0.347 e. The summed E-state index contributed by atoms with van der Waals surface area (Å²) in [6.45, 7) is 2.08. The monoisotopic (exact) mass is 350 g/mol. The fourth-order valence-corrected chi connectivity index (χ4v) is 3.85. The Balaban J connectivity index is 1.98. The summed E-state index contributed by atoms with van der Waals surface area (Å²) in [6, 6.07) is 8.28. The van der Waals surface area contributed by atoms with Crippen molar-refractivity contribution in [1.82, 2.24) is 9.47 Å². The molecule has 3 rings (SSSR count). The van der Waals surface area contributed by atoms with Crippen molar-refractivity contribution < 1.29 is 0 Å². The molecule has 1 aromatic carbocycles. The first-order chi connectivity index (χ1) is 9.58. The standard InChI is InChI=1S/C14H15BrN4S/c1-9-13(10-6-4-5-7-11(10)19(9)3)16-17-14-18(2)8-12(15)20-14/h4-8,14H,1-3H3. The van der Waals surface area contributed by atoms with Crippen LogP contribution in [0.4, 0.5) is 5.69 Å². The number of fused-ring (bicyclic) bond motifs is 1. The third-order valence-corrected chi connectivity index (χ3v) is 5.23. The topological polar surface area (TPSA) is 32.9 Å². The van der Waals surface area contributed by atoms with Crippen molar-refractivity contribution in [2.75, 3.05) is 7.05 Å². The Morgan fingerprint density at radius 2 is 2.00 bits per heavy atom. The number of azo groups is 1. The van der Waals surface area contributed by atoms with Gasteiger partial charge in [-0.1, -0.05) is 30.0 Å². The van der Waals surface area contributed by atoms with Crippen LogP contribution >= 0.6 is 27.7 Å². The Kier molecular flexibility index (Phi) is 3.60. The lowest BCUT2D eigenvalue weighted by atomic mass is 10.2. The van der Waals surface area contributed by atoms with Gasteiger partial charge in [0.05, 0.1) is 9.33 Å². The molecule has 1 unspecified atom stereocenters. The number of nitrogens with zero attached hydrogens (tertiary/aromatic N) is 4. The quantitative estimate of drug-likeness (QED) is 0.733. The van der Waals surface area contributed by atoms with E-state index in [9.17, 15) is 0 Å². The summed E-state index contributed by atoms with van der Waals surface area (Å²) in [5.74, 6) is 0. The molecule has 20 heavy (non-hydrogen) atoms. The highest BCUT2D eigenvalue weighted by molar-refractivity contribution is 9.14. The Bertz CT molecular complexity index is 719. The molecule has 1 aliphatic rings. The fourth-order valence-electron chi connectivity index (χ4n) is 2.28. The van der Waals surface area contributed by atoms with Gasteiger partial charge < -0.3 is 9.47 Å². The van der Waals surface area contributed by atoms with Gasteiger partial charge in [0.25, 0.3) is 0 Å². The predicted molar refractivity (Wildman–Crippen MR) is 88.3 cm³/mol. The van der Waals surface area contributed by atoms with Gasteiger partial charge >= 0.3 is 0 Å². The Labute approximate surface area is 130 Å². The van der Waals surface area contributed by atoms with Crippen LogP contribution in [0.3, 0.4) is 0 Å². The van der Waals surface area contributed by atoms with Crippen LogP contribution in [0.15, 0.2) is 44.5 Å².